The van der Waals surface area contributed by atoms with Crippen molar-refractivity contribution < 1.29 is 4.52 Å². The highest BCUT2D eigenvalue weighted by atomic mass is 16.5. The molecule has 0 spiro atoms. The van der Waals surface area contributed by atoms with E-state index in [0.717, 1.165) is 22.2 Å². The van der Waals surface area contributed by atoms with Gasteiger partial charge in [-0.2, -0.15) is 5.10 Å². The Morgan fingerprint density at radius 2 is 2.14 bits per heavy atom. The molecule has 2 N–H and O–H groups in total. The van der Waals surface area contributed by atoms with Crippen LogP contribution in [0, 0.1) is 18.8 Å². The third-order valence-corrected chi connectivity index (χ3v) is 3.47. The van der Waals surface area contributed by atoms with Gasteiger partial charge in [-0.25, -0.2) is 9.50 Å². The highest BCUT2D eigenvalue weighted by molar-refractivity contribution is 5.91. The van der Waals surface area contributed by atoms with Gasteiger partial charge in [-0.3, -0.25) is 0 Å². The molecule has 4 rings (SSSR count). The highest BCUT2D eigenvalue weighted by Crippen LogP contribution is 2.25. The van der Waals surface area contributed by atoms with Crippen LogP contribution in [-0.2, 0) is 0 Å². The number of fused-ring (bicyclic) bond motifs is 2. The molecule has 6 nitrogen and oxygen atoms in total. The number of nitrogen functional groups attached to an aromatic ring is 1. The quantitative estimate of drug-likeness (QED) is 0.502. The van der Waals surface area contributed by atoms with Crippen LogP contribution in [0.1, 0.15) is 16.8 Å². The van der Waals surface area contributed by atoms with Crippen LogP contribution in [0.25, 0.3) is 16.6 Å². The standard InChI is InChI=1S/C16H11N5O/c1-10-4-6-13-15(22-20-16(13)17)12(10)7-5-11-9-18-14-3-2-8-19-21(11)14/h2-4,6,8-9H,1H3,(H2,17,20). The Balaban J connectivity index is 1.90. The van der Waals surface area contributed by atoms with Crippen molar-refractivity contribution in [3.63, 3.8) is 0 Å². The van der Waals surface area contributed by atoms with Gasteiger partial charge in [-0.1, -0.05) is 17.1 Å². The van der Waals surface area contributed by atoms with E-state index in [1.54, 1.807) is 16.9 Å². The van der Waals surface area contributed by atoms with Crippen molar-refractivity contribution in [2.75, 3.05) is 5.73 Å². The second-order valence-electron chi connectivity index (χ2n) is 4.89. The molecule has 0 aliphatic rings. The predicted octanol–water partition coefficient (Wildman–Crippen LogP) is 2.16. The minimum atomic E-state index is 0.370. The Kier molecular flexibility index (Phi) is 2.60. The van der Waals surface area contributed by atoms with E-state index in [2.05, 4.69) is 27.1 Å². The lowest BCUT2D eigenvalue weighted by molar-refractivity contribution is 0.460. The first-order chi connectivity index (χ1) is 10.7. The lowest BCUT2D eigenvalue weighted by Crippen LogP contribution is -1.92. The summed E-state index contributed by atoms with van der Waals surface area (Å²) in [4.78, 5) is 4.26. The fourth-order valence-corrected chi connectivity index (χ4v) is 2.32. The molecular formula is C16H11N5O. The summed E-state index contributed by atoms with van der Waals surface area (Å²) in [6.45, 7) is 1.97. The van der Waals surface area contributed by atoms with Crippen molar-refractivity contribution in [3.8, 4) is 11.8 Å². The molecule has 0 aliphatic heterocycles. The lowest BCUT2D eigenvalue weighted by Gasteiger charge is -1.97. The molecule has 0 radical (unpaired) electrons. The zero-order valence-electron chi connectivity index (χ0n) is 11.7. The van der Waals surface area contributed by atoms with Gasteiger partial charge in [0.2, 0.25) is 0 Å². The van der Waals surface area contributed by atoms with E-state index >= 15 is 0 Å². The Hall–Kier alpha value is -3.33. The SMILES string of the molecule is Cc1ccc2c(N)noc2c1C#Cc1cnc2cccnn12. The van der Waals surface area contributed by atoms with Gasteiger partial charge in [0, 0.05) is 6.20 Å². The molecule has 22 heavy (non-hydrogen) atoms. The van der Waals surface area contributed by atoms with Gasteiger partial charge in [-0.15, -0.1) is 0 Å². The topological polar surface area (TPSA) is 82.2 Å². The van der Waals surface area contributed by atoms with Gasteiger partial charge >= 0.3 is 0 Å². The van der Waals surface area contributed by atoms with E-state index < -0.39 is 0 Å². The summed E-state index contributed by atoms with van der Waals surface area (Å²) >= 11 is 0. The third-order valence-electron chi connectivity index (χ3n) is 3.47. The fraction of sp³-hybridized carbons (Fsp3) is 0.0625. The summed E-state index contributed by atoms with van der Waals surface area (Å²) in [6, 6.07) is 7.55. The molecule has 0 aliphatic carbocycles. The number of imidazole rings is 1. The van der Waals surface area contributed by atoms with Gasteiger partial charge in [0.25, 0.3) is 0 Å². The first-order valence-electron chi connectivity index (χ1n) is 6.69. The molecule has 0 saturated carbocycles. The largest absolute Gasteiger partial charge is 0.380 e. The molecule has 0 unspecified atom stereocenters. The van der Waals surface area contributed by atoms with Crippen LogP contribution in [0.4, 0.5) is 5.82 Å². The summed E-state index contributed by atoms with van der Waals surface area (Å²) in [5.41, 5.74) is 9.62. The molecule has 0 saturated heterocycles. The van der Waals surface area contributed by atoms with Crippen molar-refractivity contribution in [2.24, 2.45) is 0 Å². The molecule has 0 atom stereocenters. The Morgan fingerprint density at radius 1 is 1.23 bits per heavy atom. The average molecular weight is 289 g/mol. The first-order valence-corrected chi connectivity index (χ1v) is 6.69. The van der Waals surface area contributed by atoms with Gasteiger partial charge in [0.15, 0.2) is 17.0 Å². The minimum Gasteiger partial charge on any atom is -0.380 e. The van der Waals surface area contributed by atoms with Crippen LogP contribution in [0.3, 0.4) is 0 Å². The summed E-state index contributed by atoms with van der Waals surface area (Å²) in [7, 11) is 0. The molecule has 4 aromatic rings. The normalized spacial score (nSPS) is 10.8. The number of hydrogen-bond acceptors (Lipinski definition) is 5. The number of nitrogens with zero attached hydrogens (tertiary/aromatic N) is 4. The number of anilines is 1. The number of hydrogen-bond donors (Lipinski definition) is 1. The molecule has 6 heteroatoms. The van der Waals surface area contributed by atoms with Crippen LogP contribution in [0.2, 0.25) is 0 Å². The summed E-state index contributed by atoms with van der Waals surface area (Å²) in [5, 5.41) is 8.81. The van der Waals surface area contributed by atoms with Crippen LogP contribution in [0.15, 0.2) is 41.2 Å². The maximum absolute atomic E-state index is 5.78. The van der Waals surface area contributed by atoms with E-state index in [1.807, 2.05) is 31.2 Å². The maximum atomic E-state index is 5.78. The van der Waals surface area contributed by atoms with Gasteiger partial charge in [-0.05, 0) is 36.6 Å². The Labute approximate surface area is 125 Å². The summed E-state index contributed by atoms with van der Waals surface area (Å²) in [6.07, 6.45) is 3.39. The smallest absolute Gasteiger partial charge is 0.184 e. The van der Waals surface area contributed by atoms with Gasteiger partial charge in [0.1, 0.15) is 5.69 Å². The second-order valence-corrected chi connectivity index (χ2v) is 4.89. The lowest BCUT2D eigenvalue weighted by atomic mass is 10.1. The number of benzene rings is 1. The van der Waals surface area contributed by atoms with Crippen molar-refractivity contribution in [2.45, 2.75) is 6.92 Å². The molecule has 106 valence electrons. The molecule has 3 heterocycles. The van der Waals surface area contributed by atoms with Crippen molar-refractivity contribution >= 4 is 22.4 Å². The zero-order valence-corrected chi connectivity index (χ0v) is 11.7. The third kappa shape index (κ3) is 1.80. The van der Waals surface area contributed by atoms with E-state index in [4.69, 9.17) is 10.3 Å². The van der Waals surface area contributed by atoms with Crippen LogP contribution in [-0.4, -0.2) is 19.8 Å². The minimum absolute atomic E-state index is 0.370. The van der Waals surface area contributed by atoms with E-state index in [0.29, 0.717) is 17.1 Å². The number of nitrogens with two attached hydrogens (primary N) is 1. The highest BCUT2D eigenvalue weighted by Gasteiger charge is 2.10. The Bertz CT molecular complexity index is 1060. The number of aromatic nitrogens is 4. The zero-order chi connectivity index (χ0) is 15.1. The van der Waals surface area contributed by atoms with Crippen LogP contribution >= 0.6 is 0 Å². The van der Waals surface area contributed by atoms with Crippen molar-refractivity contribution in [1.82, 2.24) is 19.8 Å². The van der Waals surface area contributed by atoms with Crippen molar-refractivity contribution in [3.05, 3.63) is 53.5 Å². The maximum Gasteiger partial charge on any atom is 0.184 e. The molecular weight excluding hydrogens is 278 g/mol. The molecule has 3 aromatic heterocycles. The summed E-state index contributed by atoms with van der Waals surface area (Å²) in [5.74, 6) is 6.58. The average Bonchev–Trinajstić information content (AvgIpc) is 3.11. The first kappa shape index (κ1) is 12.4. The van der Waals surface area contributed by atoms with Crippen molar-refractivity contribution in [1.29, 1.82) is 0 Å². The van der Waals surface area contributed by atoms with E-state index in [1.165, 1.54) is 0 Å². The molecule has 1 aromatic carbocycles. The van der Waals surface area contributed by atoms with Crippen LogP contribution < -0.4 is 5.73 Å². The Morgan fingerprint density at radius 3 is 3.05 bits per heavy atom. The van der Waals surface area contributed by atoms with Gasteiger partial charge in [0.05, 0.1) is 17.1 Å². The molecule has 0 bridgehead atoms. The fourth-order valence-electron chi connectivity index (χ4n) is 2.32. The monoisotopic (exact) mass is 289 g/mol. The molecule has 0 fully saturated rings. The van der Waals surface area contributed by atoms with E-state index in [-0.39, 0.29) is 0 Å². The van der Waals surface area contributed by atoms with Gasteiger partial charge < -0.3 is 10.3 Å². The van der Waals surface area contributed by atoms with E-state index in [9.17, 15) is 0 Å². The summed E-state index contributed by atoms with van der Waals surface area (Å²) < 4.78 is 6.99. The number of aryl methyl sites for hydroxylation is 1. The number of rotatable bonds is 0. The predicted molar refractivity (Wildman–Crippen MR) is 82.1 cm³/mol. The van der Waals surface area contributed by atoms with Crippen LogP contribution in [0.5, 0.6) is 0 Å². The molecule has 0 amide bonds. The second kappa shape index (κ2) is 4.60.